The molecule has 1 aliphatic heterocycles. The summed E-state index contributed by atoms with van der Waals surface area (Å²) in [5, 5.41) is 11.0. The molecule has 1 saturated heterocycles. The zero-order chi connectivity index (χ0) is 14.9. The molecule has 6 nitrogen and oxygen atoms in total. The van der Waals surface area contributed by atoms with Gasteiger partial charge in [-0.25, -0.2) is 4.39 Å². The normalized spacial score (nSPS) is 18.1. The van der Waals surface area contributed by atoms with Crippen LogP contribution >= 0.6 is 0 Å². The van der Waals surface area contributed by atoms with Gasteiger partial charge in [-0.15, -0.1) is 0 Å². The molecule has 108 valence electrons. The van der Waals surface area contributed by atoms with Gasteiger partial charge in [0.2, 0.25) is 0 Å². The highest BCUT2D eigenvalue weighted by atomic mass is 19.1. The van der Waals surface area contributed by atoms with Gasteiger partial charge >= 0.3 is 5.97 Å². The molecular formula is C13H15FN2O4. The number of rotatable bonds is 3. The average Bonchev–Trinajstić information content (AvgIpc) is 2.89. The summed E-state index contributed by atoms with van der Waals surface area (Å²) in [5.41, 5.74) is 0.408. The minimum Gasteiger partial charge on any atom is -0.469 e. The first kappa shape index (κ1) is 14.2. The summed E-state index contributed by atoms with van der Waals surface area (Å²) in [6.07, 6.45) is 0.570. The zero-order valence-electron chi connectivity index (χ0n) is 11.3. The lowest BCUT2D eigenvalue weighted by molar-refractivity contribution is -0.384. The molecule has 1 unspecified atom stereocenters. The monoisotopic (exact) mass is 282 g/mol. The number of carbonyl (C=O) groups is 1. The second-order valence-electron chi connectivity index (χ2n) is 4.80. The first-order chi connectivity index (χ1) is 9.43. The summed E-state index contributed by atoms with van der Waals surface area (Å²) in [6.45, 7) is 2.40. The smallest absolute Gasteiger partial charge is 0.310 e. The Morgan fingerprint density at radius 3 is 2.85 bits per heavy atom. The van der Waals surface area contributed by atoms with E-state index in [-0.39, 0.29) is 17.6 Å². The van der Waals surface area contributed by atoms with Crippen molar-refractivity contribution in [3.63, 3.8) is 0 Å². The lowest BCUT2D eigenvalue weighted by Gasteiger charge is -2.19. The number of aryl methyl sites for hydroxylation is 1. The third-order valence-corrected chi connectivity index (χ3v) is 3.52. The van der Waals surface area contributed by atoms with Gasteiger partial charge in [0.1, 0.15) is 11.5 Å². The Labute approximate surface area is 115 Å². The quantitative estimate of drug-likeness (QED) is 0.482. The molecule has 0 saturated carbocycles. The minimum absolute atomic E-state index is 0.279. The number of methoxy groups -OCH3 is 1. The van der Waals surface area contributed by atoms with E-state index >= 15 is 0 Å². The number of hydrogen-bond acceptors (Lipinski definition) is 5. The molecule has 1 atom stereocenters. The van der Waals surface area contributed by atoms with Crippen LogP contribution < -0.4 is 4.90 Å². The van der Waals surface area contributed by atoms with Crippen molar-refractivity contribution in [2.75, 3.05) is 25.1 Å². The number of benzene rings is 1. The van der Waals surface area contributed by atoms with Crippen LogP contribution in [0.3, 0.4) is 0 Å². The fraction of sp³-hybridized carbons (Fsp3) is 0.462. The van der Waals surface area contributed by atoms with E-state index in [0.717, 1.165) is 6.07 Å². The third-order valence-electron chi connectivity index (χ3n) is 3.52. The predicted molar refractivity (Wildman–Crippen MR) is 70.1 cm³/mol. The van der Waals surface area contributed by atoms with Crippen LogP contribution in [0.1, 0.15) is 12.0 Å². The van der Waals surface area contributed by atoms with Crippen LogP contribution in [0.5, 0.6) is 0 Å². The number of carbonyl (C=O) groups excluding carboxylic acids is 1. The maximum absolute atomic E-state index is 13.5. The van der Waals surface area contributed by atoms with Crippen LogP contribution in [0.15, 0.2) is 12.1 Å². The zero-order valence-corrected chi connectivity index (χ0v) is 11.3. The summed E-state index contributed by atoms with van der Waals surface area (Å²) in [4.78, 5) is 23.6. The third kappa shape index (κ3) is 2.56. The van der Waals surface area contributed by atoms with Crippen LogP contribution in [0.25, 0.3) is 0 Å². The SMILES string of the molecule is COC(=O)C1CCN(c2cc(C)c(F)cc2[N+](=O)[O-])C1. The summed E-state index contributed by atoms with van der Waals surface area (Å²) < 4.78 is 18.1. The van der Waals surface area contributed by atoms with Gasteiger partial charge in [0.05, 0.1) is 24.0 Å². The fourth-order valence-electron chi connectivity index (χ4n) is 2.39. The van der Waals surface area contributed by atoms with Gasteiger partial charge in [-0.05, 0) is 25.0 Å². The Balaban J connectivity index is 2.32. The van der Waals surface area contributed by atoms with E-state index in [1.54, 1.807) is 11.8 Å². The number of nitro groups is 1. The van der Waals surface area contributed by atoms with Crippen LogP contribution in [0.4, 0.5) is 15.8 Å². The molecule has 2 rings (SSSR count). The molecule has 0 aromatic heterocycles. The van der Waals surface area contributed by atoms with Crippen molar-refractivity contribution in [3.05, 3.63) is 33.6 Å². The Bertz CT molecular complexity index is 562. The van der Waals surface area contributed by atoms with Gasteiger partial charge < -0.3 is 9.64 Å². The van der Waals surface area contributed by atoms with Crippen LogP contribution in [-0.4, -0.2) is 31.1 Å². The first-order valence-electron chi connectivity index (χ1n) is 6.21. The van der Waals surface area contributed by atoms with Gasteiger partial charge in [-0.3, -0.25) is 14.9 Å². The summed E-state index contributed by atoms with van der Waals surface area (Å²) in [6, 6.07) is 2.38. The maximum Gasteiger partial charge on any atom is 0.310 e. The molecule has 1 fully saturated rings. The standard InChI is InChI=1S/C13H15FN2O4/c1-8-5-11(12(16(18)19)6-10(8)14)15-4-3-9(7-15)13(17)20-2/h5-6,9H,3-4,7H2,1-2H3. The minimum atomic E-state index is -0.608. The molecule has 0 aliphatic carbocycles. The van der Waals surface area contributed by atoms with E-state index in [4.69, 9.17) is 0 Å². The molecule has 0 spiro atoms. The highest BCUT2D eigenvalue weighted by Gasteiger charge is 2.32. The Morgan fingerprint density at radius 2 is 2.25 bits per heavy atom. The van der Waals surface area contributed by atoms with E-state index in [2.05, 4.69) is 4.74 Å². The summed E-state index contributed by atoms with van der Waals surface area (Å²) in [5.74, 6) is -1.23. The summed E-state index contributed by atoms with van der Waals surface area (Å²) in [7, 11) is 1.31. The van der Waals surface area contributed by atoms with E-state index < -0.39 is 10.7 Å². The number of hydrogen-bond donors (Lipinski definition) is 0. The first-order valence-corrected chi connectivity index (χ1v) is 6.21. The topological polar surface area (TPSA) is 72.7 Å². The molecule has 1 aromatic carbocycles. The second kappa shape index (κ2) is 5.44. The largest absolute Gasteiger partial charge is 0.469 e. The number of nitrogens with zero attached hydrogens (tertiary/aromatic N) is 2. The number of nitro benzene ring substituents is 1. The van der Waals surface area contributed by atoms with Crippen molar-refractivity contribution in [1.29, 1.82) is 0 Å². The lowest BCUT2D eigenvalue weighted by atomic mass is 10.1. The molecule has 0 N–H and O–H groups in total. The molecule has 0 radical (unpaired) electrons. The van der Waals surface area contributed by atoms with Crippen molar-refractivity contribution in [3.8, 4) is 0 Å². The average molecular weight is 282 g/mol. The highest BCUT2D eigenvalue weighted by molar-refractivity contribution is 5.75. The Kier molecular flexibility index (Phi) is 3.87. The van der Waals surface area contributed by atoms with Gasteiger partial charge in [0.15, 0.2) is 0 Å². The van der Waals surface area contributed by atoms with E-state index in [9.17, 15) is 19.3 Å². The summed E-state index contributed by atoms with van der Waals surface area (Å²) >= 11 is 0. The van der Waals surface area contributed by atoms with E-state index in [1.807, 2.05) is 0 Å². The fourth-order valence-corrected chi connectivity index (χ4v) is 2.39. The van der Waals surface area contributed by atoms with Crippen LogP contribution in [0.2, 0.25) is 0 Å². The Morgan fingerprint density at radius 1 is 1.55 bits per heavy atom. The molecular weight excluding hydrogens is 267 g/mol. The van der Waals surface area contributed by atoms with Crippen molar-refractivity contribution in [2.45, 2.75) is 13.3 Å². The maximum atomic E-state index is 13.5. The van der Waals surface area contributed by atoms with Crippen molar-refractivity contribution < 1.29 is 18.8 Å². The number of esters is 1. The van der Waals surface area contributed by atoms with Crippen molar-refractivity contribution in [1.82, 2.24) is 0 Å². The number of ether oxygens (including phenoxy) is 1. The second-order valence-corrected chi connectivity index (χ2v) is 4.80. The van der Waals surface area contributed by atoms with Gasteiger partial charge in [-0.2, -0.15) is 0 Å². The predicted octanol–water partition coefficient (Wildman–Crippen LogP) is 2.04. The molecule has 0 bridgehead atoms. The lowest BCUT2D eigenvalue weighted by Crippen LogP contribution is -2.24. The van der Waals surface area contributed by atoms with Crippen LogP contribution in [0, 0.1) is 28.8 Å². The molecule has 20 heavy (non-hydrogen) atoms. The number of halogens is 1. The van der Waals surface area contributed by atoms with E-state index in [1.165, 1.54) is 13.2 Å². The van der Waals surface area contributed by atoms with Gasteiger partial charge in [0.25, 0.3) is 5.69 Å². The Hall–Kier alpha value is -2.18. The highest BCUT2D eigenvalue weighted by Crippen LogP contribution is 2.34. The molecule has 1 aromatic rings. The van der Waals surface area contributed by atoms with Crippen LogP contribution in [-0.2, 0) is 9.53 Å². The number of anilines is 1. The van der Waals surface area contributed by atoms with Gasteiger partial charge in [-0.1, -0.05) is 0 Å². The molecule has 7 heteroatoms. The molecule has 0 amide bonds. The molecule has 1 heterocycles. The van der Waals surface area contributed by atoms with Crippen molar-refractivity contribution >= 4 is 17.3 Å². The van der Waals surface area contributed by atoms with Gasteiger partial charge in [0, 0.05) is 13.1 Å². The van der Waals surface area contributed by atoms with Crippen molar-refractivity contribution in [2.24, 2.45) is 5.92 Å². The molecule has 1 aliphatic rings. The van der Waals surface area contributed by atoms with E-state index in [0.29, 0.717) is 30.8 Å².